The van der Waals surface area contributed by atoms with Crippen molar-refractivity contribution in [1.82, 2.24) is 0 Å². The van der Waals surface area contributed by atoms with Gasteiger partial charge in [-0.2, -0.15) is 0 Å². The molecule has 0 aliphatic carbocycles. The fourth-order valence-electron chi connectivity index (χ4n) is 1.19. The van der Waals surface area contributed by atoms with Crippen LogP contribution in [0.3, 0.4) is 0 Å². The zero-order chi connectivity index (χ0) is 11.4. The average molecular weight is 275 g/mol. The first-order valence-electron chi connectivity index (χ1n) is 4.14. The third-order valence-corrected chi connectivity index (χ3v) is 2.47. The minimum Gasteiger partial charge on any atom is -0.492 e. The minimum absolute atomic E-state index is 0.125. The Kier molecular flexibility index (Phi) is 3.96. The summed E-state index contributed by atoms with van der Waals surface area (Å²) in [6.45, 7) is 0. The van der Waals surface area contributed by atoms with Gasteiger partial charge in [0.2, 0.25) is 16.9 Å². The number of rotatable bonds is 3. The van der Waals surface area contributed by atoms with E-state index >= 15 is 0 Å². The van der Waals surface area contributed by atoms with Crippen molar-refractivity contribution in [2.24, 2.45) is 0 Å². The van der Waals surface area contributed by atoms with Gasteiger partial charge in [0.25, 0.3) is 0 Å². The van der Waals surface area contributed by atoms with Crippen molar-refractivity contribution in [3.8, 4) is 17.2 Å². The van der Waals surface area contributed by atoms with Gasteiger partial charge in [-0.05, 0) is 28.1 Å². The van der Waals surface area contributed by atoms with E-state index in [4.69, 9.17) is 14.2 Å². The van der Waals surface area contributed by atoms with Crippen molar-refractivity contribution in [3.63, 3.8) is 0 Å². The van der Waals surface area contributed by atoms with Gasteiger partial charge in [0.1, 0.15) is 0 Å². The molecule has 0 aromatic heterocycles. The van der Waals surface area contributed by atoms with Gasteiger partial charge in [-0.3, -0.25) is 4.79 Å². The maximum absolute atomic E-state index is 11.6. The Hall–Kier alpha value is -1.23. The first-order valence-corrected chi connectivity index (χ1v) is 4.93. The average Bonchev–Trinajstić information content (AvgIpc) is 2.36. The number of hydrogen-bond acceptors (Lipinski definition) is 4. The van der Waals surface area contributed by atoms with Gasteiger partial charge in [-0.15, -0.1) is 0 Å². The molecule has 0 amide bonds. The molecule has 1 aromatic rings. The molecule has 0 aliphatic heterocycles. The van der Waals surface area contributed by atoms with Crippen LogP contribution >= 0.6 is 15.9 Å². The lowest BCUT2D eigenvalue weighted by Gasteiger charge is -2.08. The van der Waals surface area contributed by atoms with E-state index in [1.807, 2.05) is 0 Å². The minimum atomic E-state index is -0.265. The second kappa shape index (κ2) is 5.02. The quantitative estimate of drug-likeness (QED) is 0.844. The number of methoxy groups -OCH3 is 3. The van der Waals surface area contributed by atoms with E-state index in [0.717, 1.165) is 0 Å². The molecule has 1 rings (SSSR count). The third-order valence-electron chi connectivity index (χ3n) is 1.85. The molecule has 0 unspecified atom stereocenters. The second-order valence-corrected chi connectivity index (χ2v) is 3.50. The Morgan fingerprint density at radius 2 is 1.47 bits per heavy atom. The number of halogens is 1. The molecule has 5 heteroatoms. The summed E-state index contributed by atoms with van der Waals surface area (Å²) < 4.78 is 15.8. The summed E-state index contributed by atoms with van der Waals surface area (Å²) >= 11 is 3.28. The summed E-state index contributed by atoms with van der Waals surface area (Å²) in [6, 6.07) is 2.97. The smallest absolute Gasteiger partial charge is 0.224 e. The van der Waals surface area contributed by atoms with Gasteiger partial charge >= 0.3 is 0 Å². The molecular weight excluding hydrogens is 264 g/mol. The van der Waals surface area contributed by atoms with Crippen molar-refractivity contribution in [3.05, 3.63) is 26.8 Å². The fraction of sp³-hybridized carbons (Fsp3) is 0.300. The van der Waals surface area contributed by atoms with E-state index in [0.29, 0.717) is 10.2 Å². The highest BCUT2D eigenvalue weighted by molar-refractivity contribution is 9.10. The molecule has 0 N–H and O–H groups in total. The SMILES string of the molecule is COc1c(Br)ccc(=O)c(OC)c1OC. The second-order valence-electron chi connectivity index (χ2n) is 2.65. The molecule has 82 valence electrons. The van der Waals surface area contributed by atoms with Crippen LogP contribution in [-0.2, 0) is 0 Å². The van der Waals surface area contributed by atoms with Crippen molar-refractivity contribution in [2.45, 2.75) is 0 Å². The van der Waals surface area contributed by atoms with Gasteiger partial charge in [0.05, 0.1) is 25.8 Å². The maximum Gasteiger partial charge on any atom is 0.224 e. The van der Waals surface area contributed by atoms with Crippen LogP contribution < -0.4 is 19.6 Å². The van der Waals surface area contributed by atoms with Crippen molar-refractivity contribution in [1.29, 1.82) is 0 Å². The van der Waals surface area contributed by atoms with Gasteiger partial charge < -0.3 is 14.2 Å². The lowest BCUT2D eigenvalue weighted by molar-refractivity contribution is 0.324. The highest BCUT2D eigenvalue weighted by atomic mass is 79.9. The van der Waals surface area contributed by atoms with Crippen LogP contribution in [0.2, 0.25) is 0 Å². The summed E-state index contributed by atoms with van der Waals surface area (Å²) in [4.78, 5) is 11.6. The summed E-state index contributed by atoms with van der Waals surface area (Å²) in [5.41, 5.74) is -0.265. The number of hydrogen-bond donors (Lipinski definition) is 0. The normalized spacial score (nSPS) is 9.60. The molecule has 0 saturated heterocycles. The molecule has 0 spiro atoms. The monoisotopic (exact) mass is 274 g/mol. The van der Waals surface area contributed by atoms with E-state index in [1.54, 1.807) is 6.07 Å². The first kappa shape index (κ1) is 11.8. The van der Waals surface area contributed by atoms with Crippen LogP contribution in [0.5, 0.6) is 17.2 Å². The summed E-state index contributed by atoms with van der Waals surface area (Å²) in [5, 5.41) is 0. The van der Waals surface area contributed by atoms with E-state index in [1.165, 1.54) is 27.4 Å². The van der Waals surface area contributed by atoms with Crippen LogP contribution in [-0.4, -0.2) is 21.3 Å². The molecule has 0 atom stereocenters. The van der Waals surface area contributed by atoms with Crippen molar-refractivity contribution < 1.29 is 14.2 Å². The van der Waals surface area contributed by atoms with Crippen LogP contribution in [0.15, 0.2) is 21.4 Å². The van der Waals surface area contributed by atoms with Gasteiger partial charge in [0, 0.05) is 0 Å². The first-order chi connectivity index (χ1) is 7.15. The van der Waals surface area contributed by atoms with E-state index in [9.17, 15) is 4.79 Å². The Morgan fingerprint density at radius 3 is 1.93 bits per heavy atom. The van der Waals surface area contributed by atoms with Crippen LogP contribution in [0.1, 0.15) is 0 Å². The highest BCUT2D eigenvalue weighted by Gasteiger charge is 2.15. The topological polar surface area (TPSA) is 44.8 Å². The Morgan fingerprint density at radius 1 is 0.933 bits per heavy atom. The summed E-state index contributed by atoms with van der Waals surface area (Å²) in [6.07, 6.45) is 0. The Bertz CT molecular complexity index is 417. The Labute approximate surface area is 95.9 Å². The summed E-state index contributed by atoms with van der Waals surface area (Å²) in [5.74, 6) is 0.832. The van der Waals surface area contributed by atoms with Gasteiger partial charge in [0.15, 0.2) is 5.75 Å². The molecule has 0 fully saturated rings. The van der Waals surface area contributed by atoms with E-state index in [-0.39, 0.29) is 16.9 Å². The van der Waals surface area contributed by atoms with Crippen LogP contribution in [0.25, 0.3) is 0 Å². The highest BCUT2D eigenvalue weighted by Crippen LogP contribution is 2.38. The molecule has 0 bridgehead atoms. The zero-order valence-corrected chi connectivity index (χ0v) is 10.3. The third kappa shape index (κ3) is 2.23. The molecule has 0 heterocycles. The molecule has 15 heavy (non-hydrogen) atoms. The van der Waals surface area contributed by atoms with Crippen molar-refractivity contribution in [2.75, 3.05) is 21.3 Å². The summed E-state index contributed by atoms with van der Waals surface area (Å²) in [7, 11) is 4.35. The molecule has 0 radical (unpaired) electrons. The van der Waals surface area contributed by atoms with E-state index in [2.05, 4.69) is 15.9 Å². The van der Waals surface area contributed by atoms with Gasteiger partial charge in [-0.25, -0.2) is 0 Å². The van der Waals surface area contributed by atoms with Crippen LogP contribution in [0, 0.1) is 0 Å². The molecule has 4 nitrogen and oxygen atoms in total. The maximum atomic E-state index is 11.6. The lowest BCUT2D eigenvalue weighted by atomic mass is 10.4. The van der Waals surface area contributed by atoms with Crippen LogP contribution in [0.4, 0.5) is 0 Å². The molecule has 0 aliphatic rings. The van der Waals surface area contributed by atoms with Crippen molar-refractivity contribution >= 4 is 15.9 Å². The molecular formula is C10H11BrO4. The largest absolute Gasteiger partial charge is 0.492 e. The predicted molar refractivity (Wildman–Crippen MR) is 60.1 cm³/mol. The predicted octanol–water partition coefficient (Wildman–Crippen LogP) is 1.84. The van der Waals surface area contributed by atoms with E-state index < -0.39 is 0 Å². The molecule has 1 aromatic carbocycles. The Balaban J connectivity index is 3.67. The van der Waals surface area contributed by atoms with Gasteiger partial charge in [-0.1, -0.05) is 0 Å². The standard InChI is InChI=1S/C10H11BrO4/c1-13-8-6(11)4-5-7(12)9(14-2)10(8)15-3/h4-5H,1-3H3. The zero-order valence-electron chi connectivity index (χ0n) is 8.67. The molecule has 0 saturated carbocycles. The lowest BCUT2D eigenvalue weighted by Crippen LogP contribution is -2.03. The fourth-order valence-corrected chi connectivity index (χ4v) is 1.67. The number of ether oxygens (including phenoxy) is 3.